The molecule has 0 radical (unpaired) electrons. The van der Waals surface area contributed by atoms with Crippen LogP contribution in [0.4, 0.5) is 0 Å². The van der Waals surface area contributed by atoms with Crippen LogP contribution in [-0.4, -0.2) is 48.9 Å². The summed E-state index contributed by atoms with van der Waals surface area (Å²) in [5, 5.41) is 6.01. The number of hydrogen-bond donors (Lipinski definition) is 2. The summed E-state index contributed by atoms with van der Waals surface area (Å²) in [7, 11) is 0. The molecule has 0 aromatic rings. The van der Waals surface area contributed by atoms with Crippen LogP contribution in [0.2, 0.25) is 0 Å². The SMILES string of the molecule is CC(=O)NCC(=O)N(CC1CC1)CC1CCCN1. The molecule has 5 nitrogen and oxygen atoms in total. The summed E-state index contributed by atoms with van der Waals surface area (Å²) in [5.41, 5.74) is 0. The van der Waals surface area contributed by atoms with Gasteiger partial charge in [-0.25, -0.2) is 0 Å². The molecular formula is C13H23N3O2. The van der Waals surface area contributed by atoms with E-state index in [9.17, 15) is 9.59 Å². The number of rotatable bonds is 6. The summed E-state index contributed by atoms with van der Waals surface area (Å²) < 4.78 is 0. The van der Waals surface area contributed by atoms with Gasteiger partial charge < -0.3 is 15.5 Å². The van der Waals surface area contributed by atoms with Crippen LogP contribution in [0.3, 0.4) is 0 Å². The lowest BCUT2D eigenvalue weighted by Gasteiger charge is -2.26. The lowest BCUT2D eigenvalue weighted by Crippen LogP contribution is -2.46. The number of hydrogen-bond acceptors (Lipinski definition) is 3. The summed E-state index contributed by atoms with van der Waals surface area (Å²) in [4.78, 5) is 24.9. The molecule has 18 heavy (non-hydrogen) atoms. The van der Waals surface area contributed by atoms with Crippen molar-refractivity contribution in [3.63, 3.8) is 0 Å². The van der Waals surface area contributed by atoms with Crippen molar-refractivity contribution in [2.24, 2.45) is 5.92 Å². The Morgan fingerprint density at radius 2 is 2.06 bits per heavy atom. The lowest BCUT2D eigenvalue weighted by molar-refractivity contribution is -0.133. The Morgan fingerprint density at radius 3 is 2.61 bits per heavy atom. The van der Waals surface area contributed by atoms with E-state index in [-0.39, 0.29) is 18.4 Å². The molecule has 1 saturated carbocycles. The Morgan fingerprint density at radius 1 is 1.28 bits per heavy atom. The first kappa shape index (κ1) is 13.3. The fourth-order valence-electron chi connectivity index (χ4n) is 2.38. The van der Waals surface area contributed by atoms with E-state index in [1.54, 1.807) is 0 Å². The van der Waals surface area contributed by atoms with Gasteiger partial charge in [0.1, 0.15) is 0 Å². The van der Waals surface area contributed by atoms with Crippen LogP contribution in [0.1, 0.15) is 32.6 Å². The van der Waals surface area contributed by atoms with Crippen LogP contribution in [-0.2, 0) is 9.59 Å². The fourth-order valence-corrected chi connectivity index (χ4v) is 2.38. The molecule has 0 bridgehead atoms. The van der Waals surface area contributed by atoms with Crippen molar-refractivity contribution in [2.45, 2.75) is 38.6 Å². The summed E-state index contributed by atoms with van der Waals surface area (Å²) in [6.07, 6.45) is 4.82. The molecule has 5 heteroatoms. The standard InChI is InChI=1S/C13H23N3O2/c1-10(17)15-7-13(18)16(8-11-4-5-11)9-12-3-2-6-14-12/h11-12,14H,2-9H2,1H3,(H,15,17). The van der Waals surface area contributed by atoms with Crippen molar-refractivity contribution in [3.8, 4) is 0 Å². The van der Waals surface area contributed by atoms with E-state index in [0.29, 0.717) is 12.0 Å². The summed E-state index contributed by atoms with van der Waals surface area (Å²) in [5.74, 6) is 0.590. The maximum atomic E-state index is 12.1. The van der Waals surface area contributed by atoms with Gasteiger partial charge in [0.05, 0.1) is 6.54 Å². The van der Waals surface area contributed by atoms with Crippen molar-refractivity contribution in [2.75, 3.05) is 26.2 Å². The summed E-state index contributed by atoms with van der Waals surface area (Å²) in [6, 6.07) is 0.435. The molecule has 1 atom stereocenters. The third-order valence-corrected chi connectivity index (χ3v) is 3.62. The van der Waals surface area contributed by atoms with E-state index in [1.165, 1.54) is 26.2 Å². The van der Waals surface area contributed by atoms with E-state index >= 15 is 0 Å². The van der Waals surface area contributed by atoms with Crippen LogP contribution < -0.4 is 10.6 Å². The topological polar surface area (TPSA) is 61.4 Å². The van der Waals surface area contributed by atoms with Crippen LogP contribution in [0, 0.1) is 5.92 Å². The van der Waals surface area contributed by atoms with Crippen molar-refractivity contribution in [1.29, 1.82) is 0 Å². The molecule has 102 valence electrons. The van der Waals surface area contributed by atoms with Crippen molar-refractivity contribution < 1.29 is 9.59 Å². The molecule has 0 spiro atoms. The highest BCUT2D eigenvalue weighted by atomic mass is 16.2. The Balaban J connectivity index is 1.81. The highest BCUT2D eigenvalue weighted by Crippen LogP contribution is 2.29. The number of carbonyl (C=O) groups is 2. The molecule has 1 aliphatic carbocycles. The molecular weight excluding hydrogens is 230 g/mol. The second-order valence-corrected chi connectivity index (χ2v) is 5.45. The molecule has 1 unspecified atom stereocenters. The van der Waals surface area contributed by atoms with Crippen LogP contribution in [0.15, 0.2) is 0 Å². The largest absolute Gasteiger partial charge is 0.347 e. The molecule has 1 saturated heterocycles. The molecule has 1 heterocycles. The highest BCUT2D eigenvalue weighted by Gasteiger charge is 2.28. The third-order valence-electron chi connectivity index (χ3n) is 3.62. The molecule has 0 aromatic carbocycles. The molecule has 2 amide bonds. The zero-order chi connectivity index (χ0) is 13.0. The average Bonchev–Trinajstić information content (AvgIpc) is 2.99. The number of amides is 2. The van der Waals surface area contributed by atoms with Gasteiger partial charge in [-0.1, -0.05) is 0 Å². The summed E-state index contributed by atoms with van der Waals surface area (Å²) >= 11 is 0. The molecule has 1 aliphatic heterocycles. The van der Waals surface area contributed by atoms with E-state index < -0.39 is 0 Å². The Labute approximate surface area is 108 Å². The molecule has 0 aromatic heterocycles. The molecule has 2 rings (SSSR count). The predicted octanol–water partition coefficient (Wildman–Crippen LogP) is 0.113. The zero-order valence-electron chi connectivity index (χ0n) is 11.1. The van der Waals surface area contributed by atoms with Gasteiger partial charge in [-0.2, -0.15) is 0 Å². The van der Waals surface area contributed by atoms with E-state index in [0.717, 1.165) is 26.1 Å². The first-order chi connectivity index (χ1) is 8.65. The maximum absolute atomic E-state index is 12.1. The van der Waals surface area contributed by atoms with Crippen molar-refractivity contribution in [3.05, 3.63) is 0 Å². The van der Waals surface area contributed by atoms with Crippen LogP contribution in [0.25, 0.3) is 0 Å². The van der Waals surface area contributed by atoms with E-state index in [4.69, 9.17) is 0 Å². The minimum atomic E-state index is -0.145. The third kappa shape index (κ3) is 4.29. The number of nitrogens with zero attached hydrogens (tertiary/aromatic N) is 1. The Kier molecular flexibility index (Phi) is 4.58. The van der Waals surface area contributed by atoms with Crippen LogP contribution >= 0.6 is 0 Å². The second kappa shape index (κ2) is 6.18. The van der Waals surface area contributed by atoms with Gasteiger partial charge >= 0.3 is 0 Å². The molecule has 2 aliphatic rings. The maximum Gasteiger partial charge on any atom is 0.242 e. The fraction of sp³-hybridized carbons (Fsp3) is 0.846. The van der Waals surface area contributed by atoms with Gasteiger partial charge in [-0.05, 0) is 38.1 Å². The van der Waals surface area contributed by atoms with Gasteiger partial charge in [0.25, 0.3) is 0 Å². The lowest BCUT2D eigenvalue weighted by atomic mass is 10.2. The molecule has 2 fully saturated rings. The molecule has 2 N–H and O–H groups in total. The minimum Gasteiger partial charge on any atom is -0.347 e. The quantitative estimate of drug-likeness (QED) is 0.706. The number of carbonyl (C=O) groups excluding carboxylic acids is 2. The highest BCUT2D eigenvalue weighted by molar-refractivity contribution is 5.83. The summed E-state index contributed by atoms with van der Waals surface area (Å²) in [6.45, 7) is 4.28. The predicted molar refractivity (Wildman–Crippen MR) is 69.0 cm³/mol. The van der Waals surface area contributed by atoms with Gasteiger partial charge in [-0.3, -0.25) is 9.59 Å². The van der Waals surface area contributed by atoms with Gasteiger partial charge in [0.2, 0.25) is 11.8 Å². The van der Waals surface area contributed by atoms with Crippen molar-refractivity contribution in [1.82, 2.24) is 15.5 Å². The first-order valence-electron chi connectivity index (χ1n) is 6.90. The Bertz CT molecular complexity index is 309. The van der Waals surface area contributed by atoms with E-state index in [1.807, 2.05) is 4.90 Å². The first-order valence-corrected chi connectivity index (χ1v) is 6.90. The van der Waals surface area contributed by atoms with Crippen LogP contribution in [0.5, 0.6) is 0 Å². The zero-order valence-corrected chi connectivity index (χ0v) is 11.1. The van der Waals surface area contributed by atoms with Gasteiger partial charge in [-0.15, -0.1) is 0 Å². The smallest absolute Gasteiger partial charge is 0.242 e. The van der Waals surface area contributed by atoms with Gasteiger partial charge in [0, 0.05) is 26.1 Å². The normalized spacial score (nSPS) is 22.8. The second-order valence-electron chi connectivity index (χ2n) is 5.45. The average molecular weight is 253 g/mol. The monoisotopic (exact) mass is 253 g/mol. The van der Waals surface area contributed by atoms with E-state index in [2.05, 4.69) is 10.6 Å². The Hall–Kier alpha value is -1.10. The number of nitrogens with one attached hydrogen (secondary N) is 2. The van der Waals surface area contributed by atoms with Gasteiger partial charge in [0.15, 0.2) is 0 Å². The van der Waals surface area contributed by atoms with Crippen molar-refractivity contribution >= 4 is 11.8 Å². The minimum absolute atomic E-state index is 0.0470.